The van der Waals surface area contributed by atoms with Crippen LogP contribution in [0.1, 0.15) is 11.4 Å². The van der Waals surface area contributed by atoms with Crippen molar-refractivity contribution in [1.29, 1.82) is 5.26 Å². The second-order valence-electron chi connectivity index (χ2n) is 5.66. The van der Waals surface area contributed by atoms with Crippen molar-refractivity contribution in [3.63, 3.8) is 0 Å². The van der Waals surface area contributed by atoms with Gasteiger partial charge in [-0.3, -0.25) is 4.90 Å². The number of benzene rings is 1. The van der Waals surface area contributed by atoms with Crippen molar-refractivity contribution in [2.24, 2.45) is 7.05 Å². The lowest BCUT2D eigenvalue weighted by Gasteiger charge is -2.36. The maximum absolute atomic E-state index is 9.22. The number of anilines is 1. The molecule has 0 saturated carbocycles. The SMILES string of the molecule is Cn1ccnc1CCN1CCN(c2ccccc2C#N)CC1. The fraction of sp³-hybridized carbons (Fsp3) is 0.412. The molecule has 1 aliphatic rings. The fourth-order valence-electron chi connectivity index (χ4n) is 2.95. The first kappa shape index (κ1) is 14.6. The molecule has 1 aliphatic heterocycles. The van der Waals surface area contributed by atoms with Crippen molar-refractivity contribution >= 4 is 5.69 Å². The Morgan fingerprint density at radius 2 is 1.95 bits per heavy atom. The van der Waals surface area contributed by atoms with Crippen molar-refractivity contribution in [3.05, 3.63) is 48.0 Å². The van der Waals surface area contributed by atoms with Gasteiger partial charge in [0.25, 0.3) is 0 Å². The molecule has 0 bridgehead atoms. The van der Waals surface area contributed by atoms with Crippen molar-refractivity contribution in [2.45, 2.75) is 6.42 Å². The van der Waals surface area contributed by atoms with Crippen molar-refractivity contribution in [1.82, 2.24) is 14.5 Å². The number of imidazole rings is 1. The van der Waals surface area contributed by atoms with Gasteiger partial charge in [-0.2, -0.15) is 5.26 Å². The number of para-hydroxylation sites is 1. The summed E-state index contributed by atoms with van der Waals surface area (Å²) in [7, 11) is 2.04. The summed E-state index contributed by atoms with van der Waals surface area (Å²) in [5, 5.41) is 9.22. The van der Waals surface area contributed by atoms with Gasteiger partial charge in [0.05, 0.1) is 11.3 Å². The molecular formula is C17H21N5. The first-order chi connectivity index (χ1) is 10.8. The first-order valence-electron chi connectivity index (χ1n) is 7.70. The average molecular weight is 295 g/mol. The summed E-state index contributed by atoms with van der Waals surface area (Å²) < 4.78 is 2.08. The van der Waals surface area contributed by atoms with Gasteiger partial charge in [0.2, 0.25) is 0 Å². The Bertz CT molecular complexity index is 662. The third kappa shape index (κ3) is 3.12. The second-order valence-corrected chi connectivity index (χ2v) is 5.66. The molecule has 2 heterocycles. The summed E-state index contributed by atoms with van der Waals surface area (Å²) in [6.45, 7) is 5.05. The predicted octanol–water partition coefficient (Wildman–Crippen LogP) is 1.66. The van der Waals surface area contributed by atoms with E-state index in [1.54, 1.807) is 0 Å². The first-order valence-corrected chi connectivity index (χ1v) is 7.70. The molecule has 0 amide bonds. The van der Waals surface area contributed by atoms with E-state index in [4.69, 9.17) is 0 Å². The molecule has 0 atom stereocenters. The number of nitriles is 1. The van der Waals surface area contributed by atoms with Crippen LogP contribution in [0.2, 0.25) is 0 Å². The highest BCUT2D eigenvalue weighted by Crippen LogP contribution is 2.21. The number of aromatic nitrogens is 2. The minimum atomic E-state index is 0.768. The highest BCUT2D eigenvalue weighted by atomic mass is 15.3. The van der Waals surface area contributed by atoms with E-state index >= 15 is 0 Å². The molecule has 0 spiro atoms. The van der Waals surface area contributed by atoms with Crippen LogP contribution in [0.3, 0.4) is 0 Å². The molecule has 0 unspecified atom stereocenters. The molecule has 0 N–H and O–H groups in total. The zero-order chi connectivity index (χ0) is 15.4. The zero-order valence-electron chi connectivity index (χ0n) is 12.9. The third-order valence-corrected chi connectivity index (χ3v) is 4.31. The standard InChI is InChI=1S/C17H21N5/c1-20-9-7-19-17(20)6-8-21-10-12-22(13-11-21)16-5-3-2-4-15(16)14-18/h2-5,7,9H,6,8,10-13H2,1H3. The van der Waals surface area contributed by atoms with Crippen molar-refractivity contribution in [3.8, 4) is 6.07 Å². The van der Waals surface area contributed by atoms with E-state index in [0.29, 0.717) is 0 Å². The van der Waals surface area contributed by atoms with Gasteiger partial charge in [0.15, 0.2) is 0 Å². The van der Waals surface area contributed by atoms with E-state index in [9.17, 15) is 5.26 Å². The summed E-state index contributed by atoms with van der Waals surface area (Å²) in [6.07, 6.45) is 4.83. The number of hydrogen-bond acceptors (Lipinski definition) is 4. The monoisotopic (exact) mass is 295 g/mol. The molecule has 1 aromatic carbocycles. The van der Waals surface area contributed by atoms with Gasteiger partial charge in [0, 0.05) is 58.6 Å². The third-order valence-electron chi connectivity index (χ3n) is 4.31. The Hall–Kier alpha value is -2.32. The van der Waals surface area contributed by atoms with Crippen LogP contribution in [-0.2, 0) is 13.5 Å². The van der Waals surface area contributed by atoms with Gasteiger partial charge in [-0.15, -0.1) is 0 Å². The Morgan fingerprint density at radius 1 is 1.18 bits per heavy atom. The molecule has 5 heteroatoms. The van der Waals surface area contributed by atoms with Crippen molar-refractivity contribution < 1.29 is 0 Å². The number of aryl methyl sites for hydroxylation is 1. The molecule has 1 aromatic heterocycles. The lowest BCUT2D eigenvalue weighted by Crippen LogP contribution is -2.47. The highest BCUT2D eigenvalue weighted by molar-refractivity contribution is 5.59. The molecule has 0 aliphatic carbocycles. The van der Waals surface area contributed by atoms with Crippen LogP contribution in [-0.4, -0.2) is 47.2 Å². The minimum absolute atomic E-state index is 0.768. The molecule has 3 rings (SSSR count). The van der Waals surface area contributed by atoms with Gasteiger partial charge >= 0.3 is 0 Å². The summed E-state index contributed by atoms with van der Waals surface area (Å²) in [5.74, 6) is 1.14. The number of hydrogen-bond donors (Lipinski definition) is 0. The van der Waals surface area contributed by atoms with Crippen LogP contribution in [0, 0.1) is 11.3 Å². The van der Waals surface area contributed by atoms with Crippen LogP contribution in [0.5, 0.6) is 0 Å². The maximum atomic E-state index is 9.22. The van der Waals surface area contributed by atoms with Crippen molar-refractivity contribution in [2.75, 3.05) is 37.6 Å². The predicted molar refractivity (Wildman–Crippen MR) is 86.7 cm³/mol. The lowest BCUT2D eigenvalue weighted by atomic mass is 10.1. The van der Waals surface area contributed by atoms with E-state index < -0.39 is 0 Å². The van der Waals surface area contributed by atoms with Crippen LogP contribution in [0.4, 0.5) is 5.69 Å². The fourth-order valence-corrected chi connectivity index (χ4v) is 2.95. The second kappa shape index (κ2) is 6.63. The molecular weight excluding hydrogens is 274 g/mol. The van der Waals surface area contributed by atoms with E-state index in [1.807, 2.05) is 43.7 Å². The Morgan fingerprint density at radius 3 is 2.64 bits per heavy atom. The zero-order valence-corrected chi connectivity index (χ0v) is 12.9. The van der Waals surface area contributed by atoms with Crippen LogP contribution >= 0.6 is 0 Å². The number of nitrogens with zero attached hydrogens (tertiary/aromatic N) is 5. The van der Waals surface area contributed by atoms with Crippen LogP contribution in [0.15, 0.2) is 36.7 Å². The smallest absolute Gasteiger partial charge is 0.109 e. The quantitative estimate of drug-likeness (QED) is 0.860. The molecule has 0 radical (unpaired) electrons. The topological polar surface area (TPSA) is 48.1 Å². The number of piperazine rings is 1. The molecule has 5 nitrogen and oxygen atoms in total. The van der Waals surface area contributed by atoms with Crippen LogP contribution < -0.4 is 4.90 Å². The minimum Gasteiger partial charge on any atom is -0.368 e. The largest absolute Gasteiger partial charge is 0.368 e. The van der Waals surface area contributed by atoms with E-state index in [1.165, 1.54) is 0 Å². The lowest BCUT2D eigenvalue weighted by molar-refractivity contribution is 0.259. The molecule has 22 heavy (non-hydrogen) atoms. The Labute approximate surface area is 131 Å². The van der Waals surface area contributed by atoms with Crippen LogP contribution in [0.25, 0.3) is 0 Å². The summed E-state index contributed by atoms with van der Waals surface area (Å²) in [5.41, 5.74) is 1.83. The van der Waals surface area contributed by atoms with E-state index in [0.717, 1.165) is 56.2 Å². The average Bonchev–Trinajstić information content (AvgIpc) is 2.98. The number of rotatable bonds is 4. The summed E-state index contributed by atoms with van der Waals surface area (Å²) in [4.78, 5) is 9.16. The van der Waals surface area contributed by atoms with Gasteiger partial charge in [-0.05, 0) is 12.1 Å². The van der Waals surface area contributed by atoms with Gasteiger partial charge in [0.1, 0.15) is 11.9 Å². The molecule has 2 aromatic rings. The Kier molecular flexibility index (Phi) is 4.40. The van der Waals surface area contributed by atoms with Gasteiger partial charge < -0.3 is 9.47 Å². The molecule has 1 saturated heterocycles. The summed E-state index contributed by atoms with van der Waals surface area (Å²) >= 11 is 0. The Balaban J connectivity index is 1.54. The maximum Gasteiger partial charge on any atom is 0.109 e. The van der Waals surface area contributed by atoms with Gasteiger partial charge in [-0.1, -0.05) is 12.1 Å². The summed E-state index contributed by atoms with van der Waals surface area (Å²) in [6, 6.07) is 10.1. The highest BCUT2D eigenvalue weighted by Gasteiger charge is 2.19. The normalized spacial score (nSPS) is 15.7. The molecule has 1 fully saturated rings. The van der Waals surface area contributed by atoms with E-state index in [2.05, 4.69) is 25.4 Å². The van der Waals surface area contributed by atoms with E-state index in [-0.39, 0.29) is 0 Å². The molecule has 114 valence electrons. The van der Waals surface area contributed by atoms with Gasteiger partial charge in [-0.25, -0.2) is 4.98 Å².